The van der Waals surface area contributed by atoms with Gasteiger partial charge in [0.05, 0.1) is 18.8 Å². The maximum atomic E-state index is 4.68. The molecule has 0 saturated carbocycles. The average molecular weight is 377 g/mol. The number of nitrogens with zero attached hydrogens (tertiary/aromatic N) is 5. The quantitative estimate of drug-likeness (QED) is 0.413. The number of fused-ring (bicyclic) bond motifs is 1. The minimum absolute atomic E-state index is 0.526. The molecule has 136 valence electrons. The Kier molecular flexibility index (Phi) is 5.06. The van der Waals surface area contributed by atoms with E-state index in [9.17, 15) is 0 Å². The van der Waals surface area contributed by atoms with E-state index >= 15 is 0 Å². The Hall–Kier alpha value is -3.26. The van der Waals surface area contributed by atoms with Gasteiger partial charge in [0.2, 0.25) is 0 Å². The van der Waals surface area contributed by atoms with Crippen LogP contribution in [0.25, 0.3) is 16.9 Å². The van der Waals surface area contributed by atoms with E-state index in [2.05, 4.69) is 48.3 Å². The molecule has 0 saturated heterocycles. The summed E-state index contributed by atoms with van der Waals surface area (Å²) in [6.07, 6.45) is 1.95. The second kappa shape index (κ2) is 7.96. The van der Waals surface area contributed by atoms with Crippen LogP contribution in [-0.4, -0.2) is 32.6 Å². The Morgan fingerprint density at radius 3 is 2.70 bits per heavy atom. The maximum Gasteiger partial charge on any atom is 0.191 e. The summed E-state index contributed by atoms with van der Waals surface area (Å²) in [4.78, 5) is 8.95. The molecule has 4 rings (SSSR count). The summed E-state index contributed by atoms with van der Waals surface area (Å²) < 4.78 is 1.95. The van der Waals surface area contributed by atoms with Crippen LogP contribution in [0.5, 0.6) is 0 Å². The van der Waals surface area contributed by atoms with E-state index in [1.807, 2.05) is 47.0 Å². The molecule has 0 aliphatic heterocycles. The number of aromatic nitrogens is 4. The topological polar surface area (TPSA) is 79.5 Å². The lowest BCUT2D eigenvalue weighted by atomic mass is 10.2. The lowest BCUT2D eigenvalue weighted by molar-refractivity contribution is 0.761. The summed E-state index contributed by atoms with van der Waals surface area (Å²) in [7, 11) is 1.74. The molecule has 2 N–H and O–H groups in total. The average Bonchev–Trinajstić information content (AvgIpc) is 3.36. The summed E-state index contributed by atoms with van der Waals surface area (Å²) in [5.41, 5.74) is 2.95. The highest BCUT2D eigenvalue weighted by molar-refractivity contribution is 7.09. The second-order valence-electron chi connectivity index (χ2n) is 5.82. The summed E-state index contributed by atoms with van der Waals surface area (Å²) in [6.45, 7) is 1.13. The van der Waals surface area contributed by atoms with Crippen LogP contribution in [0.1, 0.15) is 10.8 Å². The fraction of sp³-hybridized carbons (Fsp3) is 0.158. The summed E-state index contributed by atoms with van der Waals surface area (Å²) in [5.74, 6) is 1.52. The van der Waals surface area contributed by atoms with Gasteiger partial charge in [-0.2, -0.15) is 0 Å². The molecular formula is C19H19N7S. The van der Waals surface area contributed by atoms with Crippen molar-refractivity contribution < 1.29 is 0 Å². The van der Waals surface area contributed by atoms with Crippen LogP contribution in [0.4, 0.5) is 0 Å². The Morgan fingerprint density at radius 2 is 1.85 bits per heavy atom. The van der Waals surface area contributed by atoms with E-state index < -0.39 is 0 Å². The van der Waals surface area contributed by atoms with Crippen molar-refractivity contribution in [2.75, 3.05) is 7.05 Å². The number of thiazole rings is 1. The van der Waals surface area contributed by atoms with Gasteiger partial charge in [-0.3, -0.25) is 9.39 Å². The molecule has 7 nitrogen and oxygen atoms in total. The summed E-state index contributed by atoms with van der Waals surface area (Å²) >= 11 is 1.63. The van der Waals surface area contributed by atoms with Gasteiger partial charge in [-0.15, -0.1) is 21.5 Å². The van der Waals surface area contributed by atoms with Crippen molar-refractivity contribution in [2.45, 2.75) is 13.1 Å². The highest BCUT2D eigenvalue weighted by atomic mass is 32.1. The van der Waals surface area contributed by atoms with Crippen LogP contribution in [0.2, 0.25) is 0 Å². The molecule has 0 atom stereocenters. The zero-order valence-electron chi connectivity index (χ0n) is 14.8. The van der Waals surface area contributed by atoms with E-state index in [1.165, 1.54) is 0 Å². The van der Waals surface area contributed by atoms with Gasteiger partial charge in [0.1, 0.15) is 5.01 Å². The fourth-order valence-electron chi connectivity index (χ4n) is 2.69. The molecule has 8 heteroatoms. The summed E-state index contributed by atoms with van der Waals surface area (Å²) in [6, 6.07) is 16.0. The normalized spacial score (nSPS) is 11.7. The van der Waals surface area contributed by atoms with Crippen molar-refractivity contribution >= 4 is 22.9 Å². The third-order valence-electron chi connectivity index (χ3n) is 4.05. The smallest absolute Gasteiger partial charge is 0.191 e. The van der Waals surface area contributed by atoms with Crippen molar-refractivity contribution in [2.24, 2.45) is 4.99 Å². The molecule has 0 aliphatic carbocycles. The third-order valence-corrected chi connectivity index (χ3v) is 4.90. The van der Waals surface area contributed by atoms with Crippen molar-refractivity contribution in [1.82, 2.24) is 30.2 Å². The number of hydrogen-bond acceptors (Lipinski definition) is 5. The van der Waals surface area contributed by atoms with Crippen LogP contribution in [0, 0.1) is 0 Å². The Morgan fingerprint density at radius 1 is 1.04 bits per heavy atom. The number of pyridine rings is 1. The van der Waals surface area contributed by atoms with Crippen molar-refractivity contribution in [1.29, 1.82) is 0 Å². The lowest BCUT2D eigenvalue weighted by Gasteiger charge is -2.10. The van der Waals surface area contributed by atoms with E-state index in [1.54, 1.807) is 18.4 Å². The molecule has 27 heavy (non-hydrogen) atoms. The van der Waals surface area contributed by atoms with Crippen LogP contribution in [0.15, 0.2) is 65.1 Å². The third kappa shape index (κ3) is 3.95. The lowest BCUT2D eigenvalue weighted by Crippen LogP contribution is -2.36. The van der Waals surface area contributed by atoms with E-state index in [-0.39, 0.29) is 0 Å². The van der Waals surface area contributed by atoms with Crippen LogP contribution >= 0.6 is 11.3 Å². The standard InChI is InChI=1S/C19H19N7S/c1-20-19(21-11-17-25-24-16-9-5-6-10-26(16)17)22-12-18-23-15(13-27-18)14-7-3-2-4-8-14/h2-10,13H,11-12H2,1H3,(H2,20,21,22). The van der Waals surface area contributed by atoms with Gasteiger partial charge in [-0.25, -0.2) is 4.98 Å². The molecule has 0 amide bonds. The van der Waals surface area contributed by atoms with Crippen molar-refractivity contribution in [3.8, 4) is 11.3 Å². The Bertz CT molecular complexity index is 1050. The number of benzene rings is 1. The number of nitrogens with one attached hydrogen (secondary N) is 2. The van der Waals surface area contributed by atoms with Gasteiger partial charge in [0.25, 0.3) is 0 Å². The molecule has 0 unspecified atom stereocenters. The van der Waals surface area contributed by atoms with Gasteiger partial charge in [-0.05, 0) is 12.1 Å². The van der Waals surface area contributed by atoms with Crippen molar-refractivity contribution in [3.05, 3.63) is 70.9 Å². The minimum Gasteiger partial charge on any atom is -0.350 e. The second-order valence-corrected chi connectivity index (χ2v) is 6.76. The van der Waals surface area contributed by atoms with Crippen LogP contribution in [-0.2, 0) is 13.1 Å². The SMILES string of the molecule is CN=C(NCc1nc(-c2ccccc2)cs1)NCc1nnc2ccccn12. The molecule has 3 aromatic heterocycles. The Balaban J connectivity index is 1.35. The van der Waals surface area contributed by atoms with Crippen LogP contribution < -0.4 is 10.6 Å². The molecule has 0 radical (unpaired) electrons. The number of rotatable bonds is 5. The molecular weight excluding hydrogens is 358 g/mol. The first kappa shape index (κ1) is 17.2. The molecule has 1 aromatic carbocycles. The highest BCUT2D eigenvalue weighted by Crippen LogP contribution is 2.21. The van der Waals surface area contributed by atoms with Gasteiger partial charge in [0, 0.05) is 24.2 Å². The monoisotopic (exact) mass is 377 g/mol. The Labute approximate surface area is 160 Å². The number of guanidine groups is 1. The molecule has 0 aliphatic rings. The predicted molar refractivity (Wildman–Crippen MR) is 108 cm³/mol. The van der Waals surface area contributed by atoms with E-state index in [0.717, 1.165) is 27.7 Å². The summed E-state index contributed by atoms with van der Waals surface area (Å²) in [5, 5.41) is 18.0. The first-order valence-electron chi connectivity index (χ1n) is 8.56. The van der Waals surface area contributed by atoms with E-state index in [4.69, 9.17) is 0 Å². The number of hydrogen-bond donors (Lipinski definition) is 2. The largest absolute Gasteiger partial charge is 0.350 e. The molecule has 0 bridgehead atoms. The fourth-order valence-corrected chi connectivity index (χ4v) is 3.43. The molecule has 4 aromatic rings. The zero-order valence-corrected chi connectivity index (χ0v) is 15.6. The predicted octanol–water partition coefficient (Wildman–Crippen LogP) is 2.72. The van der Waals surface area contributed by atoms with Crippen LogP contribution in [0.3, 0.4) is 0 Å². The first-order valence-corrected chi connectivity index (χ1v) is 9.44. The number of aliphatic imine (C=N–C) groups is 1. The minimum atomic E-state index is 0.526. The molecule has 3 heterocycles. The zero-order chi connectivity index (χ0) is 18.5. The van der Waals surface area contributed by atoms with Gasteiger partial charge < -0.3 is 10.6 Å². The van der Waals surface area contributed by atoms with Crippen molar-refractivity contribution in [3.63, 3.8) is 0 Å². The van der Waals surface area contributed by atoms with E-state index in [0.29, 0.717) is 19.0 Å². The van der Waals surface area contributed by atoms with Gasteiger partial charge in [0.15, 0.2) is 17.4 Å². The van der Waals surface area contributed by atoms with Gasteiger partial charge >= 0.3 is 0 Å². The van der Waals surface area contributed by atoms with Gasteiger partial charge in [-0.1, -0.05) is 36.4 Å². The molecule has 0 spiro atoms. The molecule has 0 fully saturated rings. The maximum absolute atomic E-state index is 4.68. The first-order chi connectivity index (χ1) is 13.3. The highest BCUT2D eigenvalue weighted by Gasteiger charge is 2.07.